The van der Waals surface area contributed by atoms with E-state index in [1.807, 2.05) is 48.5 Å². The summed E-state index contributed by atoms with van der Waals surface area (Å²) >= 11 is 6.12. The minimum atomic E-state index is -0.482. The van der Waals surface area contributed by atoms with Crippen LogP contribution in [0.5, 0.6) is 5.75 Å². The van der Waals surface area contributed by atoms with Gasteiger partial charge in [0.2, 0.25) is 0 Å². The smallest absolute Gasteiger partial charge is 0.262 e. The Balaban J connectivity index is 1.75. The molecule has 0 aromatic heterocycles. The zero-order valence-corrected chi connectivity index (χ0v) is 17.3. The third-order valence-corrected chi connectivity index (χ3v) is 4.65. The highest BCUT2D eigenvalue weighted by Gasteiger charge is 2.12. The number of hydrogen-bond acceptors (Lipinski definition) is 4. The van der Waals surface area contributed by atoms with Gasteiger partial charge in [-0.05, 0) is 47.5 Å². The molecule has 0 atom stereocenters. The van der Waals surface area contributed by atoms with Crippen molar-refractivity contribution in [3.63, 3.8) is 0 Å². The SMILES string of the molecule is N#C/C(=C\c1cc(Cl)ccc1OCc1ccc(C#N)cc1)C(=O)NCc1ccccc1. The van der Waals surface area contributed by atoms with E-state index in [9.17, 15) is 10.1 Å². The molecule has 5 nitrogen and oxygen atoms in total. The lowest BCUT2D eigenvalue weighted by molar-refractivity contribution is -0.117. The third kappa shape index (κ3) is 6.21. The highest BCUT2D eigenvalue weighted by Crippen LogP contribution is 2.26. The van der Waals surface area contributed by atoms with Crippen LogP contribution in [0, 0.1) is 22.7 Å². The zero-order chi connectivity index (χ0) is 22.1. The van der Waals surface area contributed by atoms with Crippen molar-refractivity contribution in [3.8, 4) is 17.9 Å². The number of ether oxygens (including phenoxy) is 1. The molecular formula is C25H18ClN3O2. The fraction of sp³-hybridized carbons (Fsp3) is 0.0800. The Morgan fingerprint density at radius 1 is 1.00 bits per heavy atom. The number of benzene rings is 3. The summed E-state index contributed by atoms with van der Waals surface area (Å²) in [5, 5.41) is 21.6. The normalized spacial score (nSPS) is 10.6. The molecule has 0 heterocycles. The maximum absolute atomic E-state index is 12.5. The van der Waals surface area contributed by atoms with Gasteiger partial charge in [-0.2, -0.15) is 10.5 Å². The van der Waals surface area contributed by atoms with Crippen molar-refractivity contribution < 1.29 is 9.53 Å². The summed E-state index contributed by atoms with van der Waals surface area (Å²) in [6.45, 7) is 0.576. The lowest BCUT2D eigenvalue weighted by Gasteiger charge is -2.11. The van der Waals surface area contributed by atoms with E-state index >= 15 is 0 Å². The molecule has 3 rings (SSSR count). The standard InChI is InChI=1S/C25H18ClN3O2/c26-23-10-11-24(31-17-20-8-6-18(14-27)7-9-20)21(13-23)12-22(15-28)25(30)29-16-19-4-2-1-3-5-19/h1-13H,16-17H2,(H,29,30)/b22-12+. The maximum Gasteiger partial charge on any atom is 0.262 e. The number of rotatable bonds is 7. The van der Waals surface area contributed by atoms with Crippen LogP contribution in [0.25, 0.3) is 6.08 Å². The van der Waals surface area contributed by atoms with Crippen LogP contribution in [0.15, 0.2) is 78.4 Å². The predicted octanol–water partition coefficient (Wildman–Crippen LogP) is 5.01. The number of nitrogens with zero attached hydrogens (tertiary/aromatic N) is 2. The molecule has 0 aliphatic carbocycles. The van der Waals surface area contributed by atoms with Gasteiger partial charge in [-0.15, -0.1) is 0 Å². The molecule has 3 aromatic rings. The Labute approximate surface area is 185 Å². The van der Waals surface area contributed by atoms with Gasteiger partial charge in [-0.25, -0.2) is 0 Å². The van der Waals surface area contributed by atoms with Crippen molar-refractivity contribution in [3.05, 3.63) is 106 Å². The van der Waals surface area contributed by atoms with Gasteiger partial charge in [0.15, 0.2) is 0 Å². The van der Waals surface area contributed by atoms with Crippen molar-refractivity contribution in [2.45, 2.75) is 13.2 Å². The predicted molar refractivity (Wildman–Crippen MR) is 119 cm³/mol. The van der Waals surface area contributed by atoms with E-state index in [0.717, 1.165) is 11.1 Å². The van der Waals surface area contributed by atoms with Crippen LogP contribution in [-0.4, -0.2) is 5.91 Å². The topological polar surface area (TPSA) is 85.9 Å². The fourth-order valence-corrected chi connectivity index (χ4v) is 2.96. The van der Waals surface area contributed by atoms with Gasteiger partial charge in [-0.1, -0.05) is 54.1 Å². The van der Waals surface area contributed by atoms with E-state index in [1.54, 1.807) is 30.3 Å². The zero-order valence-electron chi connectivity index (χ0n) is 16.5. The Morgan fingerprint density at radius 2 is 1.74 bits per heavy atom. The maximum atomic E-state index is 12.5. The third-order valence-electron chi connectivity index (χ3n) is 4.41. The largest absolute Gasteiger partial charge is 0.488 e. The van der Waals surface area contributed by atoms with Gasteiger partial charge in [0.1, 0.15) is 24.0 Å². The summed E-state index contributed by atoms with van der Waals surface area (Å²) in [5.74, 6) is 0.00161. The number of hydrogen-bond donors (Lipinski definition) is 1. The van der Waals surface area contributed by atoms with Gasteiger partial charge < -0.3 is 10.1 Å². The van der Waals surface area contributed by atoms with Crippen LogP contribution in [0.2, 0.25) is 5.02 Å². The van der Waals surface area contributed by atoms with Crippen LogP contribution >= 0.6 is 11.6 Å². The summed E-state index contributed by atoms with van der Waals surface area (Å²) in [4.78, 5) is 12.5. The molecule has 1 N–H and O–H groups in total. The summed E-state index contributed by atoms with van der Waals surface area (Å²) < 4.78 is 5.88. The molecule has 1 amide bonds. The molecule has 0 radical (unpaired) electrons. The van der Waals surface area contributed by atoms with E-state index in [4.69, 9.17) is 21.6 Å². The molecule has 152 valence electrons. The lowest BCUT2D eigenvalue weighted by atomic mass is 10.1. The molecule has 0 fully saturated rings. The van der Waals surface area contributed by atoms with Crippen molar-refractivity contribution in [2.24, 2.45) is 0 Å². The number of nitriles is 2. The Morgan fingerprint density at radius 3 is 2.42 bits per heavy atom. The second kappa shape index (κ2) is 10.6. The van der Waals surface area contributed by atoms with Crippen LogP contribution < -0.4 is 10.1 Å². The fourth-order valence-electron chi connectivity index (χ4n) is 2.78. The van der Waals surface area contributed by atoms with E-state index in [0.29, 0.717) is 28.4 Å². The summed E-state index contributed by atoms with van der Waals surface area (Å²) in [7, 11) is 0. The second-order valence-corrected chi connectivity index (χ2v) is 7.05. The highest BCUT2D eigenvalue weighted by atomic mass is 35.5. The first-order chi connectivity index (χ1) is 15.1. The number of nitrogens with one attached hydrogen (secondary N) is 1. The Hall–Kier alpha value is -4.06. The van der Waals surface area contributed by atoms with Crippen molar-refractivity contribution >= 4 is 23.6 Å². The average Bonchev–Trinajstić information content (AvgIpc) is 2.81. The second-order valence-electron chi connectivity index (χ2n) is 6.62. The molecule has 3 aromatic carbocycles. The molecule has 0 bridgehead atoms. The molecule has 0 aliphatic heterocycles. The first-order valence-electron chi connectivity index (χ1n) is 9.44. The van der Waals surface area contributed by atoms with Gasteiger partial charge in [0, 0.05) is 17.1 Å². The van der Waals surface area contributed by atoms with E-state index in [2.05, 4.69) is 11.4 Å². The summed E-state index contributed by atoms with van der Waals surface area (Å²) in [5.41, 5.74) is 2.85. The molecule has 31 heavy (non-hydrogen) atoms. The van der Waals surface area contributed by atoms with Crippen LogP contribution in [0.4, 0.5) is 0 Å². The first-order valence-corrected chi connectivity index (χ1v) is 9.82. The van der Waals surface area contributed by atoms with Crippen LogP contribution in [0.3, 0.4) is 0 Å². The Kier molecular flexibility index (Phi) is 7.43. The molecular weight excluding hydrogens is 410 g/mol. The molecule has 0 saturated carbocycles. The van der Waals surface area contributed by atoms with E-state index in [1.165, 1.54) is 6.08 Å². The monoisotopic (exact) mass is 427 g/mol. The van der Waals surface area contributed by atoms with Gasteiger partial charge in [-0.3, -0.25) is 4.79 Å². The van der Waals surface area contributed by atoms with Crippen LogP contribution in [0.1, 0.15) is 22.3 Å². The van der Waals surface area contributed by atoms with Crippen LogP contribution in [-0.2, 0) is 17.9 Å². The van der Waals surface area contributed by atoms with Crippen molar-refractivity contribution in [2.75, 3.05) is 0 Å². The highest BCUT2D eigenvalue weighted by molar-refractivity contribution is 6.30. The molecule has 0 spiro atoms. The average molecular weight is 428 g/mol. The summed E-state index contributed by atoms with van der Waals surface area (Å²) in [6, 6.07) is 25.5. The summed E-state index contributed by atoms with van der Waals surface area (Å²) in [6.07, 6.45) is 1.46. The van der Waals surface area contributed by atoms with Crippen molar-refractivity contribution in [1.29, 1.82) is 10.5 Å². The molecule has 0 aliphatic rings. The molecule has 0 unspecified atom stereocenters. The first kappa shape index (κ1) is 21.6. The number of amides is 1. The van der Waals surface area contributed by atoms with E-state index in [-0.39, 0.29) is 12.2 Å². The van der Waals surface area contributed by atoms with Gasteiger partial charge >= 0.3 is 0 Å². The minimum absolute atomic E-state index is 0.0542. The van der Waals surface area contributed by atoms with Crippen molar-refractivity contribution in [1.82, 2.24) is 5.32 Å². The quantitative estimate of drug-likeness (QED) is 0.424. The molecule has 0 saturated heterocycles. The van der Waals surface area contributed by atoms with E-state index < -0.39 is 5.91 Å². The number of halogens is 1. The Bertz CT molecular complexity index is 1170. The minimum Gasteiger partial charge on any atom is -0.488 e. The molecule has 6 heteroatoms. The van der Waals surface area contributed by atoms with Gasteiger partial charge in [0.25, 0.3) is 5.91 Å². The number of carbonyl (C=O) groups is 1. The number of carbonyl (C=O) groups excluding carboxylic acids is 1. The lowest BCUT2D eigenvalue weighted by Crippen LogP contribution is -2.23. The van der Waals surface area contributed by atoms with Gasteiger partial charge in [0.05, 0.1) is 11.6 Å².